The number of carbonyl (C=O) groups excluding carboxylic acids is 1. The van der Waals surface area contributed by atoms with Crippen LogP contribution in [-0.2, 0) is 6.18 Å². The van der Waals surface area contributed by atoms with Gasteiger partial charge in [0.2, 0.25) is 0 Å². The lowest BCUT2D eigenvalue weighted by Gasteiger charge is -2.06. The Balaban J connectivity index is 3.01. The zero-order valence-electron chi connectivity index (χ0n) is 6.13. The Morgan fingerprint density at radius 2 is 2.00 bits per heavy atom. The molecule has 1 heterocycles. The Bertz CT molecular complexity index is 318. The standard InChI is InChI=1S/C7H4F3NO2/c8-7(9,10)4-1-2-5(6(12)13)11-3-4/h1-3H,(H,12,13)/p-1. The van der Waals surface area contributed by atoms with Crippen LogP contribution in [0.15, 0.2) is 18.3 Å². The third-order valence-corrected chi connectivity index (χ3v) is 1.30. The number of rotatable bonds is 1. The predicted octanol–water partition coefficient (Wildman–Crippen LogP) is 0.464. The van der Waals surface area contributed by atoms with E-state index in [0.29, 0.717) is 12.3 Å². The van der Waals surface area contributed by atoms with Crippen molar-refractivity contribution in [2.24, 2.45) is 0 Å². The maximum atomic E-state index is 11.9. The van der Waals surface area contributed by atoms with Gasteiger partial charge in [-0.3, -0.25) is 4.98 Å². The van der Waals surface area contributed by atoms with E-state index in [2.05, 4.69) is 4.98 Å². The normalized spacial score (nSPS) is 11.3. The van der Waals surface area contributed by atoms with Crippen LogP contribution in [0.1, 0.15) is 16.1 Å². The van der Waals surface area contributed by atoms with Crippen molar-refractivity contribution in [1.29, 1.82) is 0 Å². The second-order valence-corrected chi connectivity index (χ2v) is 2.22. The van der Waals surface area contributed by atoms with Gasteiger partial charge in [-0.15, -0.1) is 0 Å². The number of halogens is 3. The SMILES string of the molecule is O=C([O-])c1ccc(C(F)(F)F)cn1. The van der Waals surface area contributed by atoms with Gasteiger partial charge < -0.3 is 9.90 Å². The smallest absolute Gasteiger partial charge is 0.417 e. The van der Waals surface area contributed by atoms with E-state index in [1.165, 1.54) is 0 Å². The third kappa shape index (κ3) is 2.17. The van der Waals surface area contributed by atoms with Gasteiger partial charge in [-0.2, -0.15) is 13.2 Å². The van der Waals surface area contributed by atoms with Crippen molar-refractivity contribution >= 4 is 5.97 Å². The molecule has 0 unspecified atom stereocenters. The fraction of sp³-hybridized carbons (Fsp3) is 0.143. The Hall–Kier alpha value is -1.59. The van der Waals surface area contributed by atoms with Gasteiger partial charge in [0.25, 0.3) is 0 Å². The molecule has 0 saturated carbocycles. The Labute approximate surface area is 70.8 Å². The first kappa shape index (κ1) is 9.50. The number of nitrogens with zero attached hydrogens (tertiary/aromatic N) is 1. The van der Waals surface area contributed by atoms with E-state index in [9.17, 15) is 23.1 Å². The van der Waals surface area contributed by atoms with E-state index < -0.39 is 23.4 Å². The van der Waals surface area contributed by atoms with Gasteiger partial charge in [0.15, 0.2) is 0 Å². The average Bonchev–Trinajstić information content (AvgIpc) is 2.03. The summed E-state index contributed by atoms with van der Waals surface area (Å²) in [5.74, 6) is -1.60. The summed E-state index contributed by atoms with van der Waals surface area (Å²) in [6.07, 6.45) is -4.05. The van der Waals surface area contributed by atoms with E-state index >= 15 is 0 Å². The molecule has 0 aliphatic heterocycles. The number of pyridine rings is 1. The number of carboxylic acids is 1. The van der Waals surface area contributed by atoms with Crippen LogP contribution < -0.4 is 5.11 Å². The minimum atomic E-state index is -4.50. The Kier molecular flexibility index (Phi) is 2.22. The summed E-state index contributed by atoms with van der Waals surface area (Å²) in [7, 11) is 0. The van der Waals surface area contributed by atoms with Gasteiger partial charge in [-0.25, -0.2) is 0 Å². The molecule has 0 aliphatic rings. The van der Waals surface area contributed by atoms with Crippen molar-refractivity contribution < 1.29 is 23.1 Å². The van der Waals surface area contributed by atoms with Crippen LogP contribution in [0.25, 0.3) is 0 Å². The minimum Gasteiger partial charge on any atom is -0.543 e. The molecule has 0 N–H and O–H groups in total. The fourth-order valence-electron chi connectivity index (χ4n) is 0.682. The van der Waals surface area contributed by atoms with Crippen molar-refractivity contribution in [2.45, 2.75) is 6.18 Å². The van der Waals surface area contributed by atoms with Gasteiger partial charge in [-0.05, 0) is 12.1 Å². The van der Waals surface area contributed by atoms with E-state index in [1.807, 2.05) is 0 Å². The van der Waals surface area contributed by atoms with Crippen LogP contribution in [0.3, 0.4) is 0 Å². The minimum absolute atomic E-state index is 0.450. The molecular weight excluding hydrogens is 187 g/mol. The molecule has 13 heavy (non-hydrogen) atoms. The largest absolute Gasteiger partial charge is 0.543 e. The van der Waals surface area contributed by atoms with E-state index in [1.54, 1.807) is 0 Å². The highest BCUT2D eigenvalue weighted by Gasteiger charge is 2.30. The molecule has 1 aromatic heterocycles. The maximum Gasteiger partial charge on any atom is 0.417 e. The monoisotopic (exact) mass is 190 g/mol. The molecule has 0 amide bonds. The van der Waals surface area contributed by atoms with Crippen LogP contribution in [0.5, 0.6) is 0 Å². The number of aromatic carboxylic acids is 1. The van der Waals surface area contributed by atoms with Gasteiger partial charge in [0.05, 0.1) is 17.2 Å². The highest BCUT2D eigenvalue weighted by molar-refractivity contribution is 5.83. The number of carboxylic acid groups (broad SMARTS) is 1. The molecule has 1 aromatic rings. The highest BCUT2D eigenvalue weighted by Crippen LogP contribution is 2.28. The van der Waals surface area contributed by atoms with Crippen LogP contribution in [0.2, 0.25) is 0 Å². The molecule has 0 aromatic carbocycles. The first-order valence-electron chi connectivity index (χ1n) is 3.16. The molecular formula is C7H3F3NO2-. The van der Waals surface area contributed by atoms with E-state index in [-0.39, 0.29) is 0 Å². The third-order valence-electron chi connectivity index (χ3n) is 1.30. The predicted molar refractivity (Wildman–Crippen MR) is 33.6 cm³/mol. The lowest BCUT2D eigenvalue weighted by Crippen LogP contribution is -2.23. The lowest BCUT2D eigenvalue weighted by atomic mass is 10.2. The number of hydrogen-bond donors (Lipinski definition) is 0. The molecule has 0 aliphatic carbocycles. The summed E-state index contributed by atoms with van der Waals surface area (Å²) in [4.78, 5) is 13.2. The number of carbonyl (C=O) groups is 1. The van der Waals surface area contributed by atoms with Crippen molar-refractivity contribution in [2.75, 3.05) is 0 Å². The Morgan fingerprint density at radius 1 is 1.38 bits per heavy atom. The van der Waals surface area contributed by atoms with Gasteiger partial charge >= 0.3 is 6.18 Å². The molecule has 0 radical (unpaired) electrons. The van der Waals surface area contributed by atoms with Gasteiger partial charge in [0, 0.05) is 6.20 Å². The van der Waals surface area contributed by atoms with Crippen LogP contribution in [-0.4, -0.2) is 11.0 Å². The molecule has 6 heteroatoms. The first-order valence-corrected chi connectivity index (χ1v) is 3.16. The van der Waals surface area contributed by atoms with Gasteiger partial charge in [0.1, 0.15) is 0 Å². The number of alkyl halides is 3. The molecule has 0 saturated heterocycles. The molecule has 3 nitrogen and oxygen atoms in total. The summed E-state index contributed by atoms with van der Waals surface area (Å²) in [6.45, 7) is 0. The second kappa shape index (κ2) is 3.04. The molecule has 0 atom stereocenters. The van der Waals surface area contributed by atoms with E-state index in [4.69, 9.17) is 0 Å². The summed E-state index contributed by atoms with van der Waals surface area (Å²) in [5.41, 5.74) is -1.51. The molecule has 0 spiro atoms. The number of aromatic nitrogens is 1. The summed E-state index contributed by atoms with van der Waals surface area (Å²) in [5, 5.41) is 10.1. The molecule has 1 rings (SSSR count). The summed E-state index contributed by atoms with van der Waals surface area (Å²) < 4.78 is 35.8. The molecule has 0 bridgehead atoms. The first-order chi connectivity index (χ1) is 5.91. The number of hydrogen-bond acceptors (Lipinski definition) is 3. The van der Waals surface area contributed by atoms with Crippen LogP contribution in [0, 0.1) is 0 Å². The van der Waals surface area contributed by atoms with Crippen LogP contribution >= 0.6 is 0 Å². The van der Waals surface area contributed by atoms with E-state index in [0.717, 1.165) is 6.07 Å². The average molecular weight is 190 g/mol. The molecule has 70 valence electrons. The van der Waals surface area contributed by atoms with Crippen molar-refractivity contribution in [3.63, 3.8) is 0 Å². The summed E-state index contributed by atoms with van der Waals surface area (Å²) >= 11 is 0. The quantitative estimate of drug-likeness (QED) is 0.646. The van der Waals surface area contributed by atoms with Gasteiger partial charge in [-0.1, -0.05) is 0 Å². The second-order valence-electron chi connectivity index (χ2n) is 2.22. The van der Waals surface area contributed by atoms with Crippen molar-refractivity contribution in [3.8, 4) is 0 Å². The maximum absolute atomic E-state index is 11.9. The fourth-order valence-corrected chi connectivity index (χ4v) is 0.682. The van der Waals surface area contributed by atoms with Crippen molar-refractivity contribution in [3.05, 3.63) is 29.6 Å². The highest BCUT2D eigenvalue weighted by atomic mass is 19.4. The molecule has 0 fully saturated rings. The topological polar surface area (TPSA) is 53.0 Å². The lowest BCUT2D eigenvalue weighted by molar-refractivity contribution is -0.255. The zero-order chi connectivity index (χ0) is 10.1. The van der Waals surface area contributed by atoms with Crippen LogP contribution in [0.4, 0.5) is 13.2 Å². The zero-order valence-corrected chi connectivity index (χ0v) is 6.13. The Morgan fingerprint density at radius 3 is 2.31 bits per heavy atom. The summed E-state index contributed by atoms with van der Waals surface area (Å²) in [6, 6.07) is 1.39. The van der Waals surface area contributed by atoms with Crippen molar-refractivity contribution in [1.82, 2.24) is 4.98 Å².